The van der Waals surface area contributed by atoms with Crippen LogP contribution < -0.4 is 5.32 Å². The number of amides is 1. The number of aryl methyl sites for hydroxylation is 1. The van der Waals surface area contributed by atoms with Gasteiger partial charge in [0.15, 0.2) is 0 Å². The quantitative estimate of drug-likeness (QED) is 0.946. The van der Waals surface area contributed by atoms with E-state index in [4.69, 9.17) is 0 Å². The Morgan fingerprint density at radius 1 is 1.50 bits per heavy atom. The second-order valence-corrected chi connectivity index (χ2v) is 4.73. The van der Waals surface area contributed by atoms with Crippen LogP contribution in [0.4, 0.5) is 5.69 Å². The van der Waals surface area contributed by atoms with E-state index in [1.807, 2.05) is 13.8 Å². The lowest BCUT2D eigenvalue weighted by Crippen LogP contribution is -2.20. The Morgan fingerprint density at radius 3 is 2.83 bits per heavy atom. The van der Waals surface area contributed by atoms with Crippen molar-refractivity contribution in [1.29, 1.82) is 0 Å². The molecular weight excluding hydrogens is 296 g/mol. The first kappa shape index (κ1) is 12.8. The predicted octanol–water partition coefficient (Wildman–Crippen LogP) is 2.30. The highest BCUT2D eigenvalue weighted by atomic mass is 79.9. The fourth-order valence-electron chi connectivity index (χ4n) is 1.60. The van der Waals surface area contributed by atoms with Crippen LogP contribution in [-0.4, -0.2) is 20.7 Å². The molecule has 6 heteroatoms. The summed E-state index contributed by atoms with van der Waals surface area (Å²) in [5.74, 6) is -0.124. The molecule has 0 saturated heterocycles. The van der Waals surface area contributed by atoms with Crippen LogP contribution in [0.15, 0.2) is 29.0 Å². The topological polar surface area (TPSA) is 59.8 Å². The maximum Gasteiger partial charge on any atom is 0.246 e. The summed E-state index contributed by atoms with van der Waals surface area (Å²) in [6, 6.07) is 3.57. The molecule has 0 aliphatic rings. The molecule has 0 fully saturated rings. The molecule has 0 spiro atoms. The summed E-state index contributed by atoms with van der Waals surface area (Å²) >= 11 is 3.43. The molecule has 0 saturated carbocycles. The first-order valence-electron chi connectivity index (χ1n) is 5.47. The van der Waals surface area contributed by atoms with Gasteiger partial charge in [-0.05, 0) is 41.9 Å². The van der Waals surface area contributed by atoms with Crippen LogP contribution >= 0.6 is 15.9 Å². The Bertz CT molecular complexity index is 565. The molecular formula is C12H13BrN4O. The van der Waals surface area contributed by atoms with Gasteiger partial charge < -0.3 is 5.32 Å². The number of hydrogen-bond donors (Lipinski definition) is 1. The van der Waals surface area contributed by atoms with Crippen molar-refractivity contribution in [2.75, 3.05) is 5.32 Å². The van der Waals surface area contributed by atoms with Gasteiger partial charge >= 0.3 is 0 Å². The minimum absolute atomic E-state index is 0.124. The van der Waals surface area contributed by atoms with E-state index in [0.29, 0.717) is 5.69 Å². The molecule has 0 atom stereocenters. The van der Waals surface area contributed by atoms with Gasteiger partial charge in [0, 0.05) is 6.20 Å². The van der Waals surface area contributed by atoms with Gasteiger partial charge in [-0.1, -0.05) is 0 Å². The summed E-state index contributed by atoms with van der Waals surface area (Å²) in [6.07, 6.45) is 3.27. The van der Waals surface area contributed by atoms with Crippen LogP contribution in [0.2, 0.25) is 0 Å². The third kappa shape index (κ3) is 2.76. The predicted molar refractivity (Wildman–Crippen MR) is 72.3 cm³/mol. The number of anilines is 1. The largest absolute Gasteiger partial charge is 0.323 e. The number of nitrogens with one attached hydrogen (secondary N) is 1. The van der Waals surface area contributed by atoms with Gasteiger partial charge in [0.25, 0.3) is 0 Å². The summed E-state index contributed by atoms with van der Waals surface area (Å²) < 4.78 is 2.61. The van der Waals surface area contributed by atoms with Gasteiger partial charge in [0.2, 0.25) is 5.91 Å². The molecule has 0 radical (unpaired) electrons. The second-order valence-electron chi connectivity index (χ2n) is 3.93. The van der Waals surface area contributed by atoms with E-state index in [-0.39, 0.29) is 12.5 Å². The highest BCUT2D eigenvalue weighted by Crippen LogP contribution is 2.19. The zero-order valence-corrected chi connectivity index (χ0v) is 11.7. The van der Waals surface area contributed by atoms with Crippen molar-refractivity contribution >= 4 is 27.5 Å². The Hall–Kier alpha value is -1.69. The molecule has 0 unspecified atom stereocenters. The molecule has 2 aromatic rings. The van der Waals surface area contributed by atoms with Crippen molar-refractivity contribution in [3.8, 4) is 0 Å². The van der Waals surface area contributed by atoms with Crippen LogP contribution in [0.3, 0.4) is 0 Å². The van der Waals surface area contributed by atoms with Crippen molar-refractivity contribution < 1.29 is 4.79 Å². The van der Waals surface area contributed by atoms with Gasteiger partial charge in [-0.2, -0.15) is 5.10 Å². The lowest BCUT2D eigenvalue weighted by Gasteiger charge is -2.06. The normalized spacial score (nSPS) is 10.4. The summed E-state index contributed by atoms with van der Waals surface area (Å²) in [5.41, 5.74) is 2.50. The molecule has 0 aliphatic carbocycles. The van der Waals surface area contributed by atoms with E-state index in [0.717, 1.165) is 15.9 Å². The maximum atomic E-state index is 11.8. The van der Waals surface area contributed by atoms with Crippen molar-refractivity contribution in [3.63, 3.8) is 0 Å². The first-order valence-corrected chi connectivity index (χ1v) is 6.26. The zero-order valence-electron chi connectivity index (χ0n) is 10.1. The van der Waals surface area contributed by atoms with Crippen molar-refractivity contribution in [2.24, 2.45) is 0 Å². The SMILES string of the molecule is Cc1nn(CC(=O)Nc2cccnc2)c(C)c1Br. The third-order valence-corrected chi connectivity index (χ3v) is 3.68. The number of aromatic nitrogens is 3. The molecule has 0 aliphatic heterocycles. The summed E-state index contributed by atoms with van der Waals surface area (Å²) in [7, 11) is 0. The molecule has 2 rings (SSSR count). The molecule has 18 heavy (non-hydrogen) atoms. The summed E-state index contributed by atoms with van der Waals surface area (Å²) in [5, 5.41) is 7.05. The summed E-state index contributed by atoms with van der Waals surface area (Å²) in [6.45, 7) is 4.00. The average molecular weight is 309 g/mol. The standard InChI is InChI=1S/C12H13BrN4O/c1-8-12(13)9(2)17(16-8)7-11(18)15-10-4-3-5-14-6-10/h3-6H,7H2,1-2H3,(H,15,18). The van der Waals surface area contributed by atoms with E-state index in [2.05, 4.69) is 31.3 Å². The highest BCUT2D eigenvalue weighted by Gasteiger charge is 2.11. The number of hydrogen-bond acceptors (Lipinski definition) is 3. The lowest BCUT2D eigenvalue weighted by atomic mass is 10.4. The van der Waals surface area contributed by atoms with E-state index >= 15 is 0 Å². The Kier molecular flexibility index (Phi) is 3.76. The number of halogens is 1. The Labute approximate surface area is 113 Å². The first-order chi connectivity index (χ1) is 8.58. The van der Waals surface area contributed by atoms with Crippen LogP contribution in [0.25, 0.3) is 0 Å². The average Bonchev–Trinajstić information content (AvgIpc) is 2.58. The van der Waals surface area contributed by atoms with E-state index in [9.17, 15) is 4.79 Å². The van der Waals surface area contributed by atoms with Gasteiger partial charge in [0.05, 0.1) is 27.7 Å². The fraction of sp³-hybridized carbons (Fsp3) is 0.250. The number of rotatable bonds is 3. The maximum absolute atomic E-state index is 11.8. The van der Waals surface area contributed by atoms with Gasteiger partial charge in [-0.3, -0.25) is 14.5 Å². The molecule has 2 aromatic heterocycles. The Morgan fingerprint density at radius 2 is 2.28 bits per heavy atom. The molecule has 1 amide bonds. The van der Waals surface area contributed by atoms with Crippen LogP contribution in [0.1, 0.15) is 11.4 Å². The third-order valence-electron chi connectivity index (χ3n) is 2.53. The number of pyridine rings is 1. The molecule has 5 nitrogen and oxygen atoms in total. The van der Waals surface area contributed by atoms with Gasteiger partial charge in [-0.15, -0.1) is 0 Å². The van der Waals surface area contributed by atoms with E-state index in [1.165, 1.54) is 0 Å². The lowest BCUT2D eigenvalue weighted by molar-refractivity contribution is -0.116. The summed E-state index contributed by atoms with van der Waals surface area (Å²) in [4.78, 5) is 15.8. The second kappa shape index (κ2) is 5.30. The highest BCUT2D eigenvalue weighted by molar-refractivity contribution is 9.10. The molecule has 94 valence electrons. The van der Waals surface area contributed by atoms with Gasteiger partial charge in [0.1, 0.15) is 6.54 Å². The fourth-order valence-corrected chi connectivity index (χ4v) is 1.89. The van der Waals surface area contributed by atoms with Gasteiger partial charge in [-0.25, -0.2) is 0 Å². The van der Waals surface area contributed by atoms with Crippen LogP contribution in [-0.2, 0) is 11.3 Å². The minimum atomic E-state index is -0.124. The van der Waals surface area contributed by atoms with Crippen LogP contribution in [0, 0.1) is 13.8 Å². The molecule has 2 heterocycles. The smallest absolute Gasteiger partial charge is 0.246 e. The van der Waals surface area contributed by atoms with E-state index in [1.54, 1.807) is 29.2 Å². The molecule has 0 bridgehead atoms. The number of carbonyl (C=O) groups is 1. The number of carbonyl (C=O) groups excluding carboxylic acids is 1. The number of nitrogens with zero attached hydrogens (tertiary/aromatic N) is 3. The van der Waals surface area contributed by atoms with Crippen molar-refractivity contribution in [1.82, 2.24) is 14.8 Å². The van der Waals surface area contributed by atoms with E-state index < -0.39 is 0 Å². The minimum Gasteiger partial charge on any atom is -0.323 e. The van der Waals surface area contributed by atoms with Crippen LogP contribution in [0.5, 0.6) is 0 Å². The molecule has 0 aromatic carbocycles. The van der Waals surface area contributed by atoms with Crippen molar-refractivity contribution in [3.05, 3.63) is 40.4 Å². The zero-order chi connectivity index (χ0) is 13.1. The Balaban J connectivity index is 2.06. The van der Waals surface area contributed by atoms with Crippen molar-refractivity contribution in [2.45, 2.75) is 20.4 Å². The monoisotopic (exact) mass is 308 g/mol. The molecule has 1 N–H and O–H groups in total.